The topological polar surface area (TPSA) is 59.9 Å². The van der Waals surface area contributed by atoms with Crippen LogP contribution in [0.2, 0.25) is 0 Å². The first-order chi connectivity index (χ1) is 14.0. The molecule has 5 nitrogen and oxygen atoms in total. The fraction of sp³-hybridized carbons (Fsp3) is 0.0909. The smallest absolute Gasteiger partial charge is 0.275 e. The lowest BCUT2D eigenvalue weighted by atomic mass is 10.2. The van der Waals surface area contributed by atoms with E-state index < -0.39 is 0 Å². The van der Waals surface area contributed by atoms with E-state index in [-0.39, 0.29) is 5.91 Å². The molecule has 29 heavy (non-hydrogen) atoms. The van der Waals surface area contributed by atoms with E-state index in [1.54, 1.807) is 24.4 Å². The van der Waals surface area contributed by atoms with Crippen molar-refractivity contribution in [3.8, 4) is 11.5 Å². The van der Waals surface area contributed by atoms with E-state index in [4.69, 9.17) is 9.47 Å². The minimum Gasteiger partial charge on any atom is -0.496 e. The normalized spacial score (nSPS) is 10.7. The fourth-order valence-electron chi connectivity index (χ4n) is 2.48. The fourth-order valence-corrected chi connectivity index (χ4v) is 3.20. The number of halogens is 2. The molecule has 7 heteroatoms. The molecule has 0 radical (unpaired) electrons. The van der Waals surface area contributed by atoms with Crippen LogP contribution >= 0.6 is 38.5 Å². The molecule has 0 aliphatic rings. The molecule has 3 rings (SSSR count). The minimum absolute atomic E-state index is 0.350. The Balaban J connectivity index is 1.55. The highest BCUT2D eigenvalue weighted by Crippen LogP contribution is 2.22. The molecule has 0 bridgehead atoms. The molecule has 1 amide bonds. The number of carbonyl (C=O) groups excluding carboxylic acids is 1. The van der Waals surface area contributed by atoms with E-state index in [0.717, 1.165) is 21.3 Å². The minimum atomic E-state index is -0.350. The van der Waals surface area contributed by atoms with Crippen molar-refractivity contribution in [2.45, 2.75) is 6.61 Å². The summed E-state index contributed by atoms with van der Waals surface area (Å²) in [6.45, 7) is 0.509. The number of nitrogens with one attached hydrogen (secondary N) is 1. The van der Waals surface area contributed by atoms with Crippen molar-refractivity contribution in [3.05, 3.63) is 91.5 Å². The van der Waals surface area contributed by atoms with E-state index in [9.17, 15) is 4.79 Å². The molecule has 0 saturated carbocycles. The Labute approximate surface area is 191 Å². The summed E-state index contributed by atoms with van der Waals surface area (Å²) in [6.07, 6.45) is 1.57. The van der Waals surface area contributed by atoms with Gasteiger partial charge in [0.25, 0.3) is 5.91 Å². The lowest BCUT2D eigenvalue weighted by Gasteiger charge is -2.07. The van der Waals surface area contributed by atoms with Crippen molar-refractivity contribution in [1.29, 1.82) is 0 Å². The molecule has 0 heterocycles. The van der Waals surface area contributed by atoms with E-state index in [1.807, 2.05) is 36.4 Å². The lowest BCUT2D eigenvalue weighted by molar-refractivity contribution is 0.0952. The summed E-state index contributed by atoms with van der Waals surface area (Å²) >= 11 is 5.63. The second kappa shape index (κ2) is 10.4. The molecule has 0 aromatic heterocycles. The van der Waals surface area contributed by atoms with Gasteiger partial charge in [-0.15, -0.1) is 0 Å². The van der Waals surface area contributed by atoms with Gasteiger partial charge in [-0.1, -0.05) is 28.1 Å². The average molecular weight is 565 g/mol. The Kier molecular flexibility index (Phi) is 7.65. The number of carbonyl (C=O) groups is 1. The monoisotopic (exact) mass is 564 g/mol. The van der Waals surface area contributed by atoms with Gasteiger partial charge in [0.15, 0.2) is 0 Å². The summed E-state index contributed by atoms with van der Waals surface area (Å²) in [5.41, 5.74) is 4.87. The quantitative estimate of drug-likeness (QED) is 0.237. The van der Waals surface area contributed by atoms with Crippen LogP contribution in [0, 0.1) is 3.57 Å². The Bertz CT molecular complexity index is 1010. The van der Waals surface area contributed by atoms with Crippen LogP contribution in [0.15, 0.2) is 76.3 Å². The third kappa shape index (κ3) is 6.30. The van der Waals surface area contributed by atoms with Crippen LogP contribution in [0.1, 0.15) is 21.5 Å². The van der Waals surface area contributed by atoms with E-state index in [1.165, 1.54) is 10.7 Å². The number of hydrazone groups is 1. The molecule has 1 N–H and O–H groups in total. The second-order valence-electron chi connectivity index (χ2n) is 6.03. The Morgan fingerprint density at radius 3 is 2.52 bits per heavy atom. The molecule has 0 spiro atoms. The third-order valence-corrected chi connectivity index (χ3v) is 5.20. The molecule has 0 atom stereocenters. The predicted molar refractivity (Wildman–Crippen MR) is 126 cm³/mol. The Morgan fingerprint density at radius 1 is 1.10 bits per heavy atom. The van der Waals surface area contributed by atoms with Crippen LogP contribution in [0.3, 0.4) is 0 Å². The third-order valence-electron chi connectivity index (χ3n) is 3.98. The van der Waals surface area contributed by atoms with Gasteiger partial charge in [-0.25, -0.2) is 5.43 Å². The highest BCUT2D eigenvalue weighted by molar-refractivity contribution is 14.1. The summed E-state index contributed by atoms with van der Waals surface area (Å²) in [5, 5.41) is 4.02. The van der Waals surface area contributed by atoms with Crippen molar-refractivity contribution in [2.75, 3.05) is 7.11 Å². The summed E-state index contributed by atoms with van der Waals surface area (Å²) < 4.78 is 13.0. The number of hydrogen-bond acceptors (Lipinski definition) is 4. The highest BCUT2D eigenvalue weighted by atomic mass is 127. The molecule has 0 fully saturated rings. The molecule has 0 aliphatic heterocycles. The highest BCUT2D eigenvalue weighted by Gasteiger charge is 2.11. The molecule has 148 valence electrons. The van der Waals surface area contributed by atoms with Crippen LogP contribution in [-0.4, -0.2) is 19.2 Å². The maximum Gasteiger partial charge on any atom is 0.275 e. The average Bonchev–Trinajstić information content (AvgIpc) is 2.74. The first-order valence-electron chi connectivity index (χ1n) is 8.69. The van der Waals surface area contributed by atoms with Crippen LogP contribution in [0.5, 0.6) is 11.5 Å². The SMILES string of the molecule is COc1ccc(Br)cc1C(=O)N/N=C\c1ccc(OCc2ccc(I)cc2)cc1. The van der Waals surface area contributed by atoms with E-state index in [0.29, 0.717) is 17.9 Å². The van der Waals surface area contributed by atoms with E-state index >= 15 is 0 Å². The maximum absolute atomic E-state index is 12.3. The van der Waals surface area contributed by atoms with Crippen molar-refractivity contribution in [1.82, 2.24) is 5.43 Å². The summed E-state index contributed by atoms with van der Waals surface area (Å²) in [4.78, 5) is 12.3. The number of benzene rings is 3. The zero-order valence-corrected chi connectivity index (χ0v) is 19.3. The number of rotatable bonds is 7. The van der Waals surface area contributed by atoms with Gasteiger partial charge in [-0.2, -0.15) is 5.10 Å². The van der Waals surface area contributed by atoms with Gasteiger partial charge >= 0.3 is 0 Å². The number of methoxy groups -OCH3 is 1. The zero-order chi connectivity index (χ0) is 20.6. The number of ether oxygens (including phenoxy) is 2. The van der Waals surface area contributed by atoms with Gasteiger partial charge in [-0.3, -0.25) is 4.79 Å². The van der Waals surface area contributed by atoms with Crippen LogP contribution in [0.4, 0.5) is 0 Å². The van der Waals surface area contributed by atoms with Crippen LogP contribution in [0.25, 0.3) is 0 Å². The second-order valence-corrected chi connectivity index (χ2v) is 8.19. The van der Waals surface area contributed by atoms with Crippen LogP contribution < -0.4 is 14.9 Å². The maximum atomic E-state index is 12.3. The van der Waals surface area contributed by atoms with Crippen molar-refractivity contribution in [3.63, 3.8) is 0 Å². The molecule has 0 aliphatic carbocycles. The first-order valence-corrected chi connectivity index (χ1v) is 10.6. The summed E-state index contributed by atoms with van der Waals surface area (Å²) in [7, 11) is 1.52. The van der Waals surface area contributed by atoms with Crippen molar-refractivity contribution < 1.29 is 14.3 Å². The van der Waals surface area contributed by atoms with E-state index in [2.05, 4.69) is 61.2 Å². The first kappa shape index (κ1) is 21.3. The van der Waals surface area contributed by atoms with Gasteiger partial charge in [0.05, 0.1) is 18.9 Å². The molecule has 3 aromatic rings. The molecule has 3 aromatic carbocycles. The Hall–Kier alpha value is -2.39. The molecular weight excluding hydrogens is 547 g/mol. The van der Waals surface area contributed by atoms with Gasteiger partial charge in [0.1, 0.15) is 18.1 Å². The number of amides is 1. The molecular formula is C22H18BrIN2O3. The summed E-state index contributed by atoms with van der Waals surface area (Å²) in [5.74, 6) is 0.899. The largest absolute Gasteiger partial charge is 0.496 e. The van der Waals surface area contributed by atoms with Gasteiger partial charge in [0.2, 0.25) is 0 Å². The number of hydrogen-bond donors (Lipinski definition) is 1. The van der Waals surface area contributed by atoms with Gasteiger partial charge < -0.3 is 9.47 Å². The molecule has 0 saturated heterocycles. The number of nitrogens with zero attached hydrogens (tertiary/aromatic N) is 1. The van der Waals surface area contributed by atoms with Gasteiger partial charge in [-0.05, 0) is 88.3 Å². The van der Waals surface area contributed by atoms with Gasteiger partial charge in [0, 0.05) is 8.04 Å². The Morgan fingerprint density at radius 2 is 1.83 bits per heavy atom. The standard InChI is InChI=1S/C22H18BrIN2O3/c1-28-21-11-6-17(23)12-20(21)22(27)26-25-13-15-4-9-19(10-5-15)29-14-16-2-7-18(24)8-3-16/h2-13H,14H2,1H3,(H,26,27)/b25-13-. The zero-order valence-electron chi connectivity index (χ0n) is 15.6. The summed E-state index contributed by atoms with van der Waals surface area (Å²) in [6, 6.07) is 20.9. The molecule has 0 unspecified atom stereocenters. The van der Waals surface area contributed by atoms with Crippen molar-refractivity contribution in [2.24, 2.45) is 5.10 Å². The lowest BCUT2D eigenvalue weighted by Crippen LogP contribution is -2.18. The van der Waals surface area contributed by atoms with Crippen LogP contribution in [-0.2, 0) is 6.61 Å². The predicted octanol–water partition coefficient (Wildman–Crippen LogP) is 5.41. The van der Waals surface area contributed by atoms with Crippen molar-refractivity contribution >= 4 is 50.6 Å².